The van der Waals surface area contributed by atoms with Gasteiger partial charge in [-0.3, -0.25) is 14.1 Å². The zero-order valence-electron chi connectivity index (χ0n) is 19.6. The van der Waals surface area contributed by atoms with Gasteiger partial charge in [-0.15, -0.1) is 0 Å². The van der Waals surface area contributed by atoms with Gasteiger partial charge in [-0.05, 0) is 47.9 Å². The number of benzene rings is 2. The van der Waals surface area contributed by atoms with Crippen molar-refractivity contribution in [2.24, 2.45) is 10.4 Å². The number of amides is 1. The standard InChI is InChI=1S/C26H26ClN3O4S/c1-3-35(32,33)21-6-4-5-19(15-21)24-22-17-29(27)14-13-26(22)12-11-23(31)30(25(26)28-24)16-18-7-9-20(34-2)10-8-18/h4-10,13-15H,3,11-12,16-17H2,1-2H3. The highest BCUT2D eigenvalue weighted by Gasteiger charge is 2.52. The van der Waals surface area contributed by atoms with Crippen molar-refractivity contribution in [3.63, 3.8) is 0 Å². The Labute approximate surface area is 210 Å². The van der Waals surface area contributed by atoms with Gasteiger partial charge in [-0.25, -0.2) is 13.4 Å². The number of hydrogen-bond acceptors (Lipinski definition) is 6. The lowest BCUT2D eigenvalue weighted by Gasteiger charge is -2.43. The van der Waals surface area contributed by atoms with Crippen LogP contribution in [0.5, 0.6) is 5.75 Å². The number of carbonyl (C=O) groups excluding carboxylic acids is 1. The van der Waals surface area contributed by atoms with Gasteiger partial charge in [0.15, 0.2) is 9.84 Å². The van der Waals surface area contributed by atoms with Crippen LogP contribution < -0.4 is 4.74 Å². The minimum absolute atomic E-state index is 0.00908. The van der Waals surface area contributed by atoms with Crippen LogP contribution in [-0.4, -0.2) is 48.9 Å². The molecule has 5 rings (SSSR count). The van der Waals surface area contributed by atoms with Gasteiger partial charge in [0.2, 0.25) is 5.91 Å². The summed E-state index contributed by atoms with van der Waals surface area (Å²) in [7, 11) is -1.76. The van der Waals surface area contributed by atoms with Crippen LogP contribution >= 0.6 is 11.8 Å². The average Bonchev–Trinajstić information content (AvgIpc) is 3.21. The molecule has 0 aromatic heterocycles. The van der Waals surface area contributed by atoms with E-state index in [1.807, 2.05) is 42.6 Å². The van der Waals surface area contributed by atoms with Gasteiger partial charge in [-0.1, -0.05) is 31.2 Å². The summed E-state index contributed by atoms with van der Waals surface area (Å²) in [5, 5.41) is 0. The second kappa shape index (κ2) is 8.84. The number of likely N-dealkylation sites (tertiary alicyclic amines) is 1. The lowest BCUT2D eigenvalue weighted by Crippen LogP contribution is -2.51. The highest BCUT2D eigenvalue weighted by atomic mass is 35.5. The molecule has 1 amide bonds. The number of methoxy groups -OCH3 is 1. The summed E-state index contributed by atoms with van der Waals surface area (Å²) in [6, 6.07) is 14.5. The number of hydrogen-bond donors (Lipinski definition) is 0. The van der Waals surface area contributed by atoms with Crippen molar-refractivity contribution in [2.45, 2.75) is 31.2 Å². The van der Waals surface area contributed by atoms with E-state index in [1.165, 1.54) is 0 Å². The lowest BCUT2D eigenvalue weighted by molar-refractivity contribution is -0.129. The van der Waals surface area contributed by atoms with Crippen molar-refractivity contribution >= 4 is 39.1 Å². The predicted octanol–water partition coefficient (Wildman–Crippen LogP) is 4.40. The number of piperidine rings is 1. The molecule has 2 aromatic carbocycles. The van der Waals surface area contributed by atoms with E-state index in [9.17, 15) is 13.2 Å². The first-order valence-electron chi connectivity index (χ1n) is 11.5. The average molecular weight is 512 g/mol. The molecule has 3 aliphatic heterocycles. The van der Waals surface area contributed by atoms with Crippen LogP contribution in [0.15, 0.2) is 76.3 Å². The van der Waals surface area contributed by atoms with Crippen LogP contribution in [0, 0.1) is 5.41 Å². The molecule has 1 atom stereocenters. The smallest absolute Gasteiger partial charge is 0.228 e. The minimum Gasteiger partial charge on any atom is -0.497 e. The van der Waals surface area contributed by atoms with Crippen molar-refractivity contribution in [3.05, 3.63) is 77.5 Å². The molecule has 1 saturated heterocycles. The fraction of sp³-hybridized carbons (Fsp3) is 0.308. The Morgan fingerprint density at radius 2 is 1.94 bits per heavy atom. The molecule has 1 unspecified atom stereocenters. The predicted molar refractivity (Wildman–Crippen MR) is 135 cm³/mol. The van der Waals surface area contributed by atoms with Gasteiger partial charge in [-0.2, -0.15) is 0 Å². The molecule has 0 saturated carbocycles. The van der Waals surface area contributed by atoms with Crippen LogP contribution in [0.1, 0.15) is 30.9 Å². The van der Waals surface area contributed by atoms with Crippen molar-refractivity contribution in [1.29, 1.82) is 0 Å². The van der Waals surface area contributed by atoms with E-state index in [4.69, 9.17) is 21.5 Å². The maximum absolute atomic E-state index is 13.1. The molecule has 3 aliphatic rings. The van der Waals surface area contributed by atoms with Crippen LogP contribution in [0.3, 0.4) is 0 Å². The number of ether oxygens (including phenoxy) is 1. The first kappa shape index (κ1) is 23.6. The first-order chi connectivity index (χ1) is 16.8. The number of carbonyl (C=O) groups is 1. The Hall–Kier alpha value is -3.10. The Bertz CT molecular complexity index is 1380. The largest absolute Gasteiger partial charge is 0.497 e. The van der Waals surface area contributed by atoms with Crippen molar-refractivity contribution < 1.29 is 17.9 Å². The molecule has 1 fully saturated rings. The molecule has 2 aromatic rings. The summed E-state index contributed by atoms with van der Waals surface area (Å²) in [6.45, 7) is 2.44. The Balaban J connectivity index is 1.61. The van der Waals surface area contributed by atoms with E-state index in [0.29, 0.717) is 43.0 Å². The van der Waals surface area contributed by atoms with Crippen molar-refractivity contribution in [3.8, 4) is 5.75 Å². The van der Waals surface area contributed by atoms with E-state index in [-0.39, 0.29) is 16.6 Å². The third kappa shape index (κ3) is 4.04. The van der Waals surface area contributed by atoms with Crippen LogP contribution in [0.2, 0.25) is 0 Å². The zero-order chi connectivity index (χ0) is 24.8. The molecular weight excluding hydrogens is 486 g/mol. The Morgan fingerprint density at radius 3 is 2.66 bits per heavy atom. The molecule has 0 bridgehead atoms. The summed E-state index contributed by atoms with van der Waals surface area (Å²) in [5.41, 5.74) is 2.76. The molecule has 7 nitrogen and oxygen atoms in total. The number of amidine groups is 1. The van der Waals surface area contributed by atoms with E-state index >= 15 is 0 Å². The van der Waals surface area contributed by atoms with Crippen LogP contribution in [0.4, 0.5) is 0 Å². The van der Waals surface area contributed by atoms with E-state index < -0.39 is 15.3 Å². The first-order valence-corrected chi connectivity index (χ1v) is 13.5. The molecule has 0 aliphatic carbocycles. The van der Waals surface area contributed by atoms with Gasteiger partial charge in [0.25, 0.3) is 0 Å². The molecule has 0 radical (unpaired) electrons. The van der Waals surface area contributed by atoms with Crippen LogP contribution in [0.25, 0.3) is 5.70 Å². The highest BCUT2D eigenvalue weighted by molar-refractivity contribution is 7.91. The monoisotopic (exact) mass is 511 g/mol. The van der Waals surface area contributed by atoms with Crippen LogP contribution in [-0.2, 0) is 21.2 Å². The fourth-order valence-electron chi connectivity index (χ4n) is 4.95. The fourth-order valence-corrected chi connectivity index (χ4v) is 6.05. The second-order valence-corrected chi connectivity index (χ2v) is 11.6. The summed E-state index contributed by atoms with van der Waals surface area (Å²) in [5.74, 6) is 1.44. The number of rotatable bonds is 6. The Morgan fingerprint density at radius 1 is 1.17 bits per heavy atom. The van der Waals surface area contributed by atoms with Crippen molar-refractivity contribution in [1.82, 2.24) is 9.32 Å². The third-order valence-electron chi connectivity index (χ3n) is 6.91. The summed E-state index contributed by atoms with van der Waals surface area (Å²) in [4.78, 5) is 20.1. The SMILES string of the molecule is CCS(=O)(=O)c1cccc(C2=C3CN(Cl)C=CC34CCC(=O)N(Cc3ccc(OC)cc3)C4=N2)c1. The third-order valence-corrected chi connectivity index (χ3v) is 8.87. The van der Waals surface area contributed by atoms with E-state index in [1.54, 1.807) is 41.6 Å². The molecular formula is C26H26ClN3O4S. The molecule has 1 spiro atoms. The Kier molecular flexibility index (Phi) is 5.97. The normalized spacial score (nSPS) is 21.7. The quantitative estimate of drug-likeness (QED) is 0.537. The maximum Gasteiger partial charge on any atom is 0.228 e. The summed E-state index contributed by atoms with van der Waals surface area (Å²) < 4.78 is 31.9. The zero-order valence-corrected chi connectivity index (χ0v) is 21.1. The van der Waals surface area contributed by atoms with Gasteiger partial charge < -0.3 is 4.74 Å². The highest BCUT2D eigenvalue weighted by Crippen LogP contribution is 2.51. The van der Waals surface area contributed by atoms with E-state index in [0.717, 1.165) is 16.9 Å². The number of nitrogens with zero attached hydrogens (tertiary/aromatic N) is 3. The van der Waals surface area contributed by atoms with Gasteiger partial charge >= 0.3 is 0 Å². The van der Waals surface area contributed by atoms with Gasteiger partial charge in [0.05, 0.1) is 42.0 Å². The molecule has 35 heavy (non-hydrogen) atoms. The number of halogens is 1. The lowest BCUT2D eigenvalue weighted by atomic mass is 9.71. The second-order valence-electron chi connectivity index (χ2n) is 8.87. The molecule has 182 valence electrons. The molecule has 0 N–H and O–H groups in total. The minimum atomic E-state index is -3.38. The van der Waals surface area contributed by atoms with E-state index in [2.05, 4.69) is 0 Å². The van der Waals surface area contributed by atoms with Crippen molar-refractivity contribution in [2.75, 3.05) is 19.4 Å². The topological polar surface area (TPSA) is 79.3 Å². The number of sulfone groups is 1. The summed E-state index contributed by atoms with van der Waals surface area (Å²) in [6.07, 6.45) is 4.81. The van der Waals surface area contributed by atoms with Gasteiger partial charge in [0, 0.05) is 30.0 Å². The molecule has 3 heterocycles. The maximum atomic E-state index is 13.1. The number of aliphatic imine (C=N–C) groups is 1. The summed E-state index contributed by atoms with van der Waals surface area (Å²) >= 11 is 6.39. The van der Waals surface area contributed by atoms with Gasteiger partial charge in [0.1, 0.15) is 11.6 Å². The molecule has 9 heteroatoms.